The molecule has 0 fully saturated rings. The maximum absolute atomic E-state index is 9.92. The first-order valence-corrected chi connectivity index (χ1v) is 1.47. The Bertz CT molecular complexity index is 149. The van der Waals surface area contributed by atoms with Crippen molar-refractivity contribution >= 4 is 0 Å². The van der Waals surface area contributed by atoms with Crippen molar-refractivity contribution in [2.24, 2.45) is 0 Å². The summed E-state index contributed by atoms with van der Waals surface area (Å²) in [5, 5.41) is 7.78. The smallest absolute Gasteiger partial charge is 0.283 e. The van der Waals surface area contributed by atoms with Crippen molar-refractivity contribution in [3.63, 3.8) is 0 Å². The summed E-state index contributed by atoms with van der Waals surface area (Å²) in [4.78, 5) is 9.92. The standard InChI is InChI=1S/C2H3N3O.H2O/c6-2-1-3-5-4-2;/h1H,(H2,3,4,5,6);1H2. The van der Waals surface area contributed by atoms with Crippen LogP contribution in [0.1, 0.15) is 0 Å². The molecule has 0 unspecified atom stereocenters. The number of hydrogen-bond acceptors (Lipinski definition) is 2. The van der Waals surface area contributed by atoms with Gasteiger partial charge >= 0.3 is 0 Å². The molecule has 0 amide bonds. The topological polar surface area (TPSA) is 93.0 Å². The Labute approximate surface area is 38.7 Å². The van der Waals surface area contributed by atoms with E-state index in [1.165, 1.54) is 6.20 Å². The second-order valence-electron chi connectivity index (χ2n) is 0.859. The Hall–Kier alpha value is -1.10. The van der Waals surface area contributed by atoms with Crippen LogP contribution in [0.15, 0.2) is 11.0 Å². The van der Waals surface area contributed by atoms with Gasteiger partial charge in [0.1, 0.15) is 6.20 Å². The van der Waals surface area contributed by atoms with E-state index in [0.29, 0.717) is 0 Å². The van der Waals surface area contributed by atoms with Gasteiger partial charge in [-0.15, -0.1) is 0 Å². The lowest BCUT2D eigenvalue weighted by molar-refractivity contribution is 0.824. The molecule has 0 bridgehead atoms. The summed E-state index contributed by atoms with van der Waals surface area (Å²) in [6, 6.07) is 0. The molecule has 0 radical (unpaired) electrons. The third-order valence-electron chi connectivity index (χ3n) is 0.425. The number of H-pyrrole nitrogens is 2. The van der Waals surface area contributed by atoms with Gasteiger partial charge in [-0.25, -0.2) is 10.3 Å². The van der Waals surface area contributed by atoms with Gasteiger partial charge in [0.15, 0.2) is 0 Å². The second kappa shape index (κ2) is 2.14. The number of hydrogen-bond donors (Lipinski definition) is 2. The van der Waals surface area contributed by atoms with Crippen LogP contribution in [0, 0.1) is 0 Å². The molecule has 0 saturated heterocycles. The number of nitrogens with zero attached hydrogens (tertiary/aromatic N) is 1. The normalized spacial score (nSPS) is 7.43. The molecule has 40 valence electrons. The predicted molar refractivity (Wildman–Crippen MR) is 22.8 cm³/mol. The Morgan fingerprint density at radius 3 is 2.57 bits per heavy atom. The second-order valence-corrected chi connectivity index (χ2v) is 0.859. The molecule has 5 heteroatoms. The Kier molecular flexibility index (Phi) is 1.80. The number of rotatable bonds is 0. The molecule has 1 heterocycles. The van der Waals surface area contributed by atoms with E-state index in [1.54, 1.807) is 0 Å². The molecule has 5 nitrogen and oxygen atoms in total. The SMILES string of the molecule is O.O=c1cn[nH][nH]1. The van der Waals surface area contributed by atoms with Gasteiger partial charge in [0.05, 0.1) is 0 Å². The minimum atomic E-state index is -0.199. The largest absolute Gasteiger partial charge is 0.412 e. The van der Waals surface area contributed by atoms with Gasteiger partial charge in [-0.3, -0.25) is 4.79 Å². The molecule has 1 aromatic heterocycles. The van der Waals surface area contributed by atoms with Gasteiger partial charge in [-0.1, -0.05) is 0 Å². The van der Waals surface area contributed by atoms with Crippen molar-refractivity contribution < 1.29 is 5.48 Å². The van der Waals surface area contributed by atoms with Crippen LogP contribution in [-0.2, 0) is 0 Å². The summed E-state index contributed by atoms with van der Waals surface area (Å²) in [5.41, 5.74) is -0.199. The van der Waals surface area contributed by atoms with E-state index >= 15 is 0 Å². The van der Waals surface area contributed by atoms with Crippen LogP contribution in [0.3, 0.4) is 0 Å². The molecule has 7 heavy (non-hydrogen) atoms. The highest BCUT2D eigenvalue weighted by Crippen LogP contribution is 1.42. The number of nitrogens with one attached hydrogen (secondary N) is 2. The predicted octanol–water partition coefficient (Wildman–Crippen LogP) is -1.73. The highest BCUT2D eigenvalue weighted by atomic mass is 16.1. The van der Waals surface area contributed by atoms with Gasteiger partial charge < -0.3 is 5.48 Å². The summed E-state index contributed by atoms with van der Waals surface area (Å²) in [6.07, 6.45) is 1.17. The summed E-state index contributed by atoms with van der Waals surface area (Å²) in [6.45, 7) is 0. The Balaban J connectivity index is 0.000000360. The molecule has 0 aliphatic heterocycles. The van der Waals surface area contributed by atoms with Crippen molar-refractivity contribution in [1.29, 1.82) is 0 Å². The summed E-state index contributed by atoms with van der Waals surface area (Å²) >= 11 is 0. The van der Waals surface area contributed by atoms with E-state index in [9.17, 15) is 4.79 Å². The molecule has 1 aromatic rings. The first kappa shape index (κ1) is 5.90. The zero-order valence-electron chi connectivity index (χ0n) is 3.43. The molecular weight excluding hydrogens is 98.0 g/mol. The fraction of sp³-hybridized carbons (Fsp3) is 0. The fourth-order valence-corrected chi connectivity index (χ4v) is 0.211. The molecule has 0 atom stereocenters. The van der Waals surface area contributed by atoms with E-state index in [0.717, 1.165) is 0 Å². The monoisotopic (exact) mass is 103 g/mol. The van der Waals surface area contributed by atoms with E-state index in [1.807, 2.05) is 0 Å². The van der Waals surface area contributed by atoms with Crippen molar-refractivity contribution in [2.45, 2.75) is 0 Å². The van der Waals surface area contributed by atoms with Crippen LogP contribution in [0.2, 0.25) is 0 Å². The van der Waals surface area contributed by atoms with E-state index in [2.05, 4.69) is 15.4 Å². The first-order valence-electron chi connectivity index (χ1n) is 1.47. The molecule has 0 spiro atoms. The zero-order valence-corrected chi connectivity index (χ0v) is 3.43. The molecule has 0 aliphatic carbocycles. The van der Waals surface area contributed by atoms with E-state index in [4.69, 9.17) is 0 Å². The van der Waals surface area contributed by atoms with Gasteiger partial charge in [-0.2, -0.15) is 5.10 Å². The third-order valence-corrected chi connectivity index (χ3v) is 0.425. The average Bonchev–Trinajstić information content (AvgIpc) is 1.86. The van der Waals surface area contributed by atoms with Crippen LogP contribution in [-0.4, -0.2) is 20.9 Å². The quantitative estimate of drug-likeness (QED) is 0.408. The molecule has 0 aromatic carbocycles. The van der Waals surface area contributed by atoms with Crippen LogP contribution < -0.4 is 5.56 Å². The number of aromatic nitrogens is 3. The Morgan fingerprint density at radius 1 is 1.71 bits per heavy atom. The highest BCUT2D eigenvalue weighted by molar-refractivity contribution is 4.60. The molecular formula is C2H5N3O2. The van der Waals surface area contributed by atoms with Crippen LogP contribution in [0.5, 0.6) is 0 Å². The van der Waals surface area contributed by atoms with Crippen LogP contribution in [0.4, 0.5) is 0 Å². The average molecular weight is 103 g/mol. The lowest BCUT2D eigenvalue weighted by Gasteiger charge is -1.53. The number of aromatic amines is 2. The lowest BCUT2D eigenvalue weighted by atomic mass is 10.9. The summed E-state index contributed by atoms with van der Waals surface area (Å²) < 4.78 is 0. The molecule has 0 aliphatic rings. The first-order chi connectivity index (χ1) is 2.89. The summed E-state index contributed by atoms with van der Waals surface area (Å²) in [7, 11) is 0. The molecule has 1 rings (SSSR count). The minimum Gasteiger partial charge on any atom is -0.412 e. The van der Waals surface area contributed by atoms with Gasteiger partial charge in [-0.05, 0) is 0 Å². The van der Waals surface area contributed by atoms with Crippen molar-refractivity contribution in [3.05, 3.63) is 16.6 Å². The maximum Gasteiger partial charge on any atom is 0.283 e. The Morgan fingerprint density at radius 2 is 2.43 bits per heavy atom. The highest BCUT2D eigenvalue weighted by Gasteiger charge is 1.71. The van der Waals surface area contributed by atoms with Gasteiger partial charge in [0, 0.05) is 0 Å². The van der Waals surface area contributed by atoms with Gasteiger partial charge in [0.25, 0.3) is 5.56 Å². The van der Waals surface area contributed by atoms with Crippen molar-refractivity contribution in [1.82, 2.24) is 15.4 Å². The van der Waals surface area contributed by atoms with Crippen molar-refractivity contribution in [3.8, 4) is 0 Å². The maximum atomic E-state index is 9.92. The molecule has 4 N–H and O–H groups in total. The van der Waals surface area contributed by atoms with Crippen molar-refractivity contribution in [2.75, 3.05) is 0 Å². The third kappa shape index (κ3) is 1.18. The summed E-state index contributed by atoms with van der Waals surface area (Å²) in [5.74, 6) is 0. The fourth-order valence-electron chi connectivity index (χ4n) is 0.211. The van der Waals surface area contributed by atoms with Crippen LogP contribution in [0.25, 0.3) is 0 Å². The van der Waals surface area contributed by atoms with Crippen LogP contribution >= 0.6 is 0 Å². The minimum absolute atomic E-state index is 0. The van der Waals surface area contributed by atoms with E-state index < -0.39 is 0 Å². The lowest BCUT2D eigenvalue weighted by Crippen LogP contribution is -1.93. The van der Waals surface area contributed by atoms with Gasteiger partial charge in [0.2, 0.25) is 0 Å². The zero-order chi connectivity index (χ0) is 4.41. The molecule has 0 saturated carbocycles. The van der Waals surface area contributed by atoms with E-state index in [-0.39, 0.29) is 11.0 Å².